The van der Waals surface area contributed by atoms with E-state index in [0.29, 0.717) is 6.04 Å². The summed E-state index contributed by atoms with van der Waals surface area (Å²) in [6.45, 7) is 0. The first kappa shape index (κ1) is 6.47. The monoisotopic (exact) mass is 151 g/mol. The molecule has 0 aliphatic heterocycles. The highest BCUT2D eigenvalue weighted by Crippen LogP contribution is 2.58. The highest BCUT2D eigenvalue weighted by atomic mass is 14.7. The molecule has 0 aromatic heterocycles. The molecule has 2 bridgehead atoms. The van der Waals surface area contributed by atoms with Gasteiger partial charge in [-0.25, -0.2) is 0 Å². The van der Waals surface area contributed by atoms with Gasteiger partial charge in [0.25, 0.3) is 0 Å². The summed E-state index contributed by atoms with van der Waals surface area (Å²) < 4.78 is 0. The largest absolute Gasteiger partial charge is 0.327 e. The summed E-state index contributed by atoms with van der Waals surface area (Å²) in [6, 6.07) is 0.583. The van der Waals surface area contributed by atoms with Gasteiger partial charge < -0.3 is 5.73 Å². The van der Waals surface area contributed by atoms with Gasteiger partial charge in [0.2, 0.25) is 0 Å². The van der Waals surface area contributed by atoms with E-state index >= 15 is 0 Å². The van der Waals surface area contributed by atoms with Crippen LogP contribution in [0.15, 0.2) is 0 Å². The fourth-order valence-corrected chi connectivity index (χ4v) is 4.12. The van der Waals surface area contributed by atoms with Crippen LogP contribution in [-0.4, -0.2) is 6.04 Å². The molecule has 3 aliphatic carbocycles. The lowest BCUT2D eigenvalue weighted by molar-refractivity contribution is 0.234. The molecule has 3 fully saturated rings. The van der Waals surface area contributed by atoms with Gasteiger partial charge in [0.15, 0.2) is 0 Å². The quantitative estimate of drug-likeness (QED) is 0.561. The van der Waals surface area contributed by atoms with E-state index in [2.05, 4.69) is 0 Å². The van der Waals surface area contributed by atoms with Gasteiger partial charge in [0.1, 0.15) is 0 Å². The minimum Gasteiger partial charge on any atom is -0.327 e. The molecular formula is C10H17N. The van der Waals surface area contributed by atoms with Crippen molar-refractivity contribution in [1.29, 1.82) is 0 Å². The van der Waals surface area contributed by atoms with Crippen molar-refractivity contribution in [1.82, 2.24) is 0 Å². The second kappa shape index (κ2) is 2.01. The van der Waals surface area contributed by atoms with Crippen LogP contribution in [0.25, 0.3) is 0 Å². The molecule has 0 saturated heterocycles. The Hall–Kier alpha value is -0.0400. The number of hydrogen-bond acceptors (Lipinski definition) is 1. The standard InChI is InChI=1S/C10H17N/c11-10-5-6-4-9(10)8-3-1-2-7(6)8/h6-10H,1-5,11H2/t6-,7+,8+,9+,10-/m1/s1. The minimum absolute atomic E-state index is 0.583. The van der Waals surface area contributed by atoms with Gasteiger partial charge in [-0.1, -0.05) is 6.42 Å². The Balaban J connectivity index is 1.90. The maximum Gasteiger partial charge on any atom is 0.00727 e. The molecule has 3 saturated carbocycles. The number of hydrogen-bond donors (Lipinski definition) is 1. The normalized spacial score (nSPS) is 60.3. The van der Waals surface area contributed by atoms with Crippen molar-refractivity contribution in [3.63, 3.8) is 0 Å². The predicted octanol–water partition coefficient (Wildman–Crippen LogP) is 1.77. The molecule has 0 unspecified atom stereocenters. The molecule has 2 N–H and O–H groups in total. The zero-order valence-corrected chi connectivity index (χ0v) is 7.00. The molecule has 0 amide bonds. The molecule has 62 valence electrons. The van der Waals surface area contributed by atoms with Gasteiger partial charge >= 0.3 is 0 Å². The van der Waals surface area contributed by atoms with Crippen molar-refractivity contribution in [3.8, 4) is 0 Å². The van der Waals surface area contributed by atoms with Crippen molar-refractivity contribution in [2.45, 2.75) is 38.1 Å². The summed E-state index contributed by atoms with van der Waals surface area (Å²) in [5.41, 5.74) is 6.08. The summed E-state index contributed by atoms with van der Waals surface area (Å²) in [7, 11) is 0. The first-order chi connectivity index (χ1) is 5.36. The van der Waals surface area contributed by atoms with E-state index < -0.39 is 0 Å². The van der Waals surface area contributed by atoms with Gasteiger partial charge in [0, 0.05) is 6.04 Å². The topological polar surface area (TPSA) is 26.0 Å². The van der Waals surface area contributed by atoms with Crippen molar-refractivity contribution in [3.05, 3.63) is 0 Å². The van der Waals surface area contributed by atoms with Gasteiger partial charge in [-0.2, -0.15) is 0 Å². The average Bonchev–Trinajstić information content (AvgIpc) is 2.52. The molecule has 0 radical (unpaired) electrons. The highest BCUT2D eigenvalue weighted by Gasteiger charge is 2.52. The molecule has 0 aromatic carbocycles. The van der Waals surface area contributed by atoms with Crippen molar-refractivity contribution in [2.24, 2.45) is 29.4 Å². The average molecular weight is 151 g/mol. The van der Waals surface area contributed by atoms with Gasteiger partial charge in [0.05, 0.1) is 0 Å². The van der Waals surface area contributed by atoms with E-state index in [1.54, 1.807) is 0 Å². The smallest absolute Gasteiger partial charge is 0.00727 e. The second-order valence-corrected chi connectivity index (χ2v) is 4.82. The summed E-state index contributed by atoms with van der Waals surface area (Å²) in [5.74, 6) is 4.15. The van der Waals surface area contributed by atoms with Crippen LogP contribution in [-0.2, 0) is 0 Å². The molecule has 5 atom stereocenters. The molecule has 1 nitrogen and oxygen atoms in total. The SMILES string of the molecule is N[C@@H]1C[C@H]2C[C@H]1[C@H]1CCC[C@@H]21. The Morgan fingerprint density at radius 2 is 1.73 bits per heavy atom. The Morgan fingerprint density at radius 1 is 0.909 bits per heavy atom. The molecule has 3 aliphatic rings. The summed E-state index contributed by atoms with van der Waals surface area (Å²) in [6.07, 6.45) is 7.36. The fourth-order valence-electron chi connectivity index (χ4n) is 4.12. The van der Waals surface area contributed by atoms with Crippen LogP contribution in [0.5, 0.6) is 0 Å². The lowest BCUT2D eigenvalue weighted by atomic mass is 9.79. The Morgan fingerprint density at radius 3 is 2.64 bits per heavy atom. The fraction of sp³-hybridized carbons (Fsp3) is 1.00. The Labute approximate surface area is 68.3 Å². The van der Waals surface area contributed by atoms with E-state index in [9.17, 15) is 0 Å². The predicted molar refractivity (Wildman–Crippen MR) is 45.0 cm³/mol. The van der Waals surface area contributed by atoms with Crippen molar-refractivity contribution in [2.75, 3.05) is 0 Å². The van der Waals surface area contributed by atoms with Crippen LogP contribution in [0.4, 0.5) is 0 Å². The van der Waals surface area contributed by atoms with Crippen LogP contribution in [0, 0.1) is 23.7 Å². The van der Waals surface area contributed by atoms with Crippen molar-refractivity contribution < 1.29 is 0 Å². The van der Waals surface area contributed by atoms with E-state index in [1.807, 2.05) is 0 Å². The van der Waals surface area contributed by atoms with Crippen LogP contribution in [0.1, 0.15) is 32.1 Å². The third kappa shape index (κ3) is 0.703. The van der Waals surface area contributed by atoms with Crippen LogP contribution in [0.2, 0.25) is 0 Å². The molecule has 11 heavy (non-hydrogen) atoms. The zero-order valence-electron chi connectivity index (χ0n) is 7.00. The summed E-state index contributed by atoms with van der Waals surface area (Å²) >= 11 is 0. The molecule has 0 aromatic rings. The first-order valence-electron chi connectivity index (χ1n) is 5.12. The van der Waals surface area contributed by atoms with E-state index in [4.69, 9.17) is 5.73 Å². The molecule has 0 spiro atoms. The molecular weight excluding hydrogens is 134 g/mol. The lowest BCUT2D eigenvalue weighted by Crippen LogP contribution is -2.34. The number of rotatable bonds is 0. The Bertz CT molecular complexity index is 178. The molecule has 0 heterocycles. The van der Waals surface area contributed by atoms with E-state index in [1.165, 1.54) is 32.1 Å². The molecule has 1 heteroatoms. The maximum absolute atomic E-state index is 6.08. The first-order valence-corrected chi connectivity index (χ1v) is 5.12. The third-order valence-electron chi connectivity index (χ3n) is 4.48. The van der Waals surface area contributed by atoms with Crippen LogP contribution >= 0.6 is 0 Å². The van der Waals surface area contributed by atoms with Gasteiger partial charge in [-0.15, -0.1) is 0 Å². The van der Waals surface area contributed by atoms with E-state index in [-0.39, 0.29) is 0 Å². The van der Waals surface area contributed by atoms with Gasteiger partial charge in [-0.05, 0) is 49.4 Å². The number of fused-ring (bicyclic) bond motifs is 5. The Kier molecular flexibility index (Phi) is 1.18. The minimum atomic E-state index is 0.583. The molecule has 3 rings (SSSR count). The second-order valence-electron chi connectivity index (χ2n) is 4.82. The lowest BCUT2D eigenvalue weighted by Gasteiger charge is -2.28. The maximum atomic E-state index is 6.08. The van der Waals surface area contributed by atoms with Crippen molar-refractivity contribution >= 4 is 0 Å². The third-order valence-corrected chi connectivity index (χ3v) is 4.48. The zero-order chi connectivity index (χ0) is 7.42. The summed E-state index contributed by atoms with van der Waals surface area (Å²) in [5, 5.41) is 0. The van der Waals surface area contributed by atoms with Crippen LogP contribution in [0.3, 0.4) is 0 Å². The number of nitrogens with two attached hydrogens (primary N) is 1. The van der Waals surface area contributed by atoms with Crippen LogP contribution < -0.4 is 5.73 Å². The summed E-state index contributed by atoms with van der Waals surface area (Å²) in [4.78, 5) is 0. The van der Waals surface area contributed by atoms with Gasteiger partial charge in [-0.3, -0.25) is 0 Å². The van der Waals surface area contributed by atoms with E-state index in [0.717, 1.165) is 23.7 Å². The highest BCUT2D eigenvalue weighted by molar-refractivity contribution is 5.04.